The van der Waals surface area contributed by atoms with Crippen molar-refractivity contribution in [2.75, 3.05) is 26.2 Å². The van der Waals surface area contributed by atoms with E-state index < -0.39 is 28.7 Å². The Hall–Kier alpha value is -0.256. The van der Waals surface area contributed by atoms with Crippen LogP contribution in [0.15, 0.2) is 0 Å². The maximum atomic E-state index is 12.6. The van der Waals surface area contributed by atoms with E-state index in [-0.39, 0.29) is 28.2 Å². The lowest BCUT2D eigenvalue weighted by Gasteiger charge is -2.43. The zero-order valence-electron chi connectivity index (χ0n) is 39.7. The highest BCUT2D eigenvalue weighted by Gasteiger charge is 2.41. The minimum absolute atomic E-state index is 0.149. The molecule has 0 aromatic carbocycles. The molecule has 0 bridgehead atoms. The van der Waals surface area contributed by atoms with E-state index in [2.05, 4.69) is 93.4 Å². The van der Waals surface area contributed by atoms with Gasteiger partial charge in [-0.15, -0.1) is 0 Å². The highest BCUT2D eigenvalue weighted by molar-refractivity contribution is 6.74. The number of carbonyl (C=O) groups is 1. The zero-order valence-corrected chi connectivity index (χ0v) is 41.7. The Balaban J connectivity index is 6.17. The summed E-state index contributed by atoms with van der Waals surface area (Å²) in [4.78, 5) is 15.2. The van der Waals surface area contributed by atoms with Crippen LogP contribution in [0.3, 0.4) is 0 Å². The normalized spacial score (nSPS) is 15.3. The van der Waals surface area contributed by atoms with Gasteiger partial charge in [-0.2, -0.15) is 0 Å². The molecule has 6 nitrogen and oxygen atoms in total. The number of rotatable bonds is 35. The largest absolute Gasteiger partial charge is 0.464 e. The molecule has 0 aliphatic carbocycles. The average Bonchev–Trinajstić information content (AvgIpc) is 3.08. The second-order valence-corrected chi connectivity index (χ2v) is 29.9. The van der Waals surface area contributed by atoms with Crippen LogP contribution in [0.2, 0.25) is 36.3 Å². The molecular weight excluding hydrogens is 715 g/mol. The number of hydrogen-bond acceptors (Lipinski definition) is 6. The van der Waals surface area contributed by atoms with E-state index in [9.17, 15) is 9.90 Å². The van der Waals surface area contributed by atoms with Crippen LogP contribution in [0, 0.1) is 5.92 Å². The Morgan fingerprint density at radius 3 is 1.29 bits per heavy atom. The van der Waals surface area contributed by atoms with Gasteiger partial charge in [-0.05, 0) is 80.8 Å². The molecule has 55 heavy (non-hydrogen) atoms. The number of unbranched alkanes of at least 4 members (excludes halogenated alkanes) is 15. The monoisotopic (exact) mass is 814 g/mol. The van der Waals surface area contributed by atoms with Gasteiger partial charge in [-0.25, -0.2) is 4.79 Å². The van der Waals surface area contributed by atoms with E-state index in [1.807, 2.05) is 6.92 Å². The van der Waals surface area contributed by atoms with Crippen LogP contribution >= 0.6 is 0 Å². The van der Waals surface area contributed by atoms with E-state index in [1.54, 1.807) is 0 Å². The standard InChI is InChI=1S/C47H99NO5Si2/c1-15-18-21-23-25-27-29-31-35-42(52-54(11,12)46(5,6)7)39-48(37-33-34-41(4)44(49)45(50)51-38-20-17-3)40-43(53-55(13,14)47(8,9)10)36-32-30-28-26-24-22-19-16-2/h41-44,49H,15-40H2,1-14H3. The second-order valence-electron chi connectivity index (χ2n) is 20.4. The van der Waals surface area contributed by atoms with Gasteiger partial charge in [0.05, 0.1) is 18.8 Å². The predicted molar refractivity (Wildman–Crippen MR) is 245 cm³/mol. The van der Waals surface area contributed by atoms with Crippen molar-refractivity contribution in [3.63, 3.8) is 0 Å². The fourth-order valence-corrected chi connectivity index (χ4v) is 9.59. The average molecular weight is 814 g/mol. The summed E-state index contributed by atoms with van der Waals surface area (Å²) in [7, 11) is -3.99. The molecule has 4 atom stereocenters. The number of carbonyl (C=O) groups excluding carboxylic acids is 1. The van der Waals surface area contributed by atoms with Gasteiger partial charge in [0.1, 0.15) is 0 Å². The van der Waals surface area contributed by atoms with Gasteiger partial charge in [0.25, 0.3) is 0 Å². The molecule has 0 heterocycles. The molecule has 0 aliphatic rings. The van der Waals surface area contributed by atoms with Gasteiger partial charge in [0, 0.05) is 13.1 Å². The lowest BCUT2D eigenvalue weighted by atomic mass is 9.98. The highest BCUT2D eigenvalue weighted by Crippen LogP contribution is 2.39. The van der Waals surface area contributed by atoms with Crippen molar-refractivity contribution in [1.82, 2.24) is 4.90 Å². The minimum Gasteiger partial charge on any atom is -0.464 e. The lowest BCUT2D eigenvalue weighted by molar-refractivity contribution is -0.156. The first-order valence-corrected chi connectivity index (χ1v) is 29.5. The number of aliphatic hydroxyl groups excluding tert-OH is 1. The van der Waals surface area contributed by atoms with Crippen molar-refractivity contribution < 1.29 is 23.5 Å². The first-order valence-electron chi connectivity index (χ1n) is 23.6. The Labute approximate surface area is 347 Å². The van der Waals surface area contributed by atoms with Crippen molar-refractivity contribution in [2.24, 2.45) is 5.92 Å². The molecule has 0 radical (unpaired) electrons. The first kappa shape index (κ1) is 54.7. The molecule has 0 aromatic rings. The van der Waals surface area contributed by atoms with E-state index >= 15 is 0 Å². The fourth-order valence-electron chi connectivity index (χ4n) is 6.84. The quantitative estimate of drug-likeness (QED) is 0.0390. The smallest absolute Gasteiger partial charge is 0.335 e. The van der Waals surface area contributed by atoms with Gasteiger partial charge in [0.15, 0.2) is 22.7 Å². The molecule has 0 saturated heterocycles. The third-order valence-corrected chi connectivity index (χ3v) is 21.9. The Morgan fingerprint density at radius 1 is 0.564 bits per heavy atom. The maximum Gasteiger partial charge on any atom is 0.335 e. The van der Waals surface area contributed by atoms with Crippen LogP contribution in [0.4, 0.5) is 0 Å². The second kappa shape index (κ2) is 29.9. The fraction of sp³-hybridized carbons (Fsp3) is 0.979. The van der Waals surface area contributed by atoms with Crippen LogP contribution in [0.5, 0.6) is 0 Å². The number of esters is 1. The SMILES string of the molecule is CCCCCCCCCCC(CN(CCCC(C)C(O)C(=O)OCCCC)CC(CCCCCCCCCC)O[Si](C)(C)C(C)(C)C)O[Si](C)(C)C(C)(C)C. The van der Waals surface area contributed by atoms with Gasteiger partial charge >= 0.3 is 5.97 Å². The van der Waals surface area contributed by atoms with Crippen LogP contribution in [0.1, 0.15) is 210 Å². The van der Waals surface area contributed by atoms with Crippen molar-refractivity contribution in [1.29, 1.82) is 0 Å². The van der Waals surface area contributed by atoms with Gasteiger partial charge < -0.3 is 18.7 Å². The molecule has 0 amide bonds. The molecular formula is C47H99NO5Si2. The molecule has 0 aromatic heterocycles. The van der Waals surface area contributed by atoms with Crippen molar-refractivity contribution in [3.05, 3.63) is 0 Å². The number of hydrogen-bond donors (Lipinski definition) is 1. The molecule has 0 rings (SSSR count). The highest BCUT2D eigenvalue weighted by atomic mass is 28.4. The Morgan fingerprint density at radius 2 is 0.927 bits per heavy atom. The summed E-state index contributed by atoms with van der Waals surface area (Å²) in [6.07, 6.45) is 26.1. The minimum atomic E-state index is -2.00. The van der Waals surface area contributed by atoms with Crippen LogP contribution in [0.25, 0.3) is 0 Å². The molecule has 8 heteroatoms. The van der Waals surface area contributed by atoms with E-state index in [4.69, 9.17) is 13.6 Å². The molecule has 0 spiro atoms. The predicted octanol–water partition coefficient (Wildman–Crippen LogP) is 14.3. The summed E-state index contributed by atoms with van der Waals surface area (Å²) in [5.74, 6) is -0.622. The molecule has 1 N–H and O–H groups in total. The van der Waals surface area contributed by atoms with Gasteiger partial charge in [0.2, 0.25) is 0 Å². The summed E-state index contributed by atoms with van der Waals surface area (Å²) in [6, 6.07) is 0. The topological polar surface area (TPSA) is 68.2 Å². The van der Waals surface area contributed by atoms with Crippen molar-refractivity contribution >= 4 is 22.6 Å². The Kier molecular flexibility index (Phi) is 29.7. The summed E-state index contributed by atoms with van der Waals surface area (Å²) < 4.78 is 20.0. The number of ether oxygens (including phenoxy) is 1. The van der Waals surface area contributed by atoms with Crippen LogP contribution < -0.4 is 0 Å². The van der Waals surface area contributed by atoms with E-state index in [1.165, 1.54) is 103 Å². The van der Waals surface area contributed by atoms with Gasteiger partial charge in [-0.1, -0.05) is 178 Å². The maximum absolute atomic E-state index is 12.6. The van der Waals surface area contributed by atoms with Crippen molar-refractivity contribution in [3.8, 4) is 0 Å². The van der Waals surface area contributed by atoms with Crippen LogP contribution in [-0.2, 0) is 18.4 Å². The van der Waals surface area contributed by atoms with Crippen LogP contribution in [-0.4, -0.2) is 77.2 Å². The van der Waals surface area contributed by atoms with Gasteiger partial charge in [-0.3, -0.25) is 4.90 Å². The summed E-state index contributed by atoms with van der Waals surface area (Å²) in [5.41, 5.74) is 0. The first-order chi connectivity index (χ1) is 25.7. The number of nitrogens with zero attached hydrogens (tertiary/aromatic N) is 1. The lowest BCUT2D eigenvalue weighted by Crippen LogP contribution is -2.50. The Bertz CT molecular complexity index is 877. The third kappa shape index (κ3) is 25.8. The van der Waals surface area contributed by atoms with E-state index in [0.29, 0.717) is 6.61 Å². The summed E-state index contributed by atoms with van der Waals surface area (Å²) >= 11 is 0. The van der Waals surface area contributed by atoms with Crippen molar-refractivity contribution in [2.45, 2.75) is 265 Å². The zero-order chi connectivity index (χ0) is 42.0. The van der Waals surface area contributed by atoms with E-state index in [0.717, 1.165) is 58.2 Å². The molecule has 0 fully saturated rings. The summed E-state index contributed by atoms with van der Waals surface area (Å²) in [6.45, 7) is 35.6. The number of aliphatic hydroxyl groups is 1. The summed E-state index contributed by atoms with van der Waals surface area (Å²) in [5, 5.41) is 11.1. The molecule has 0 aliphatic heterocycles. The molecule has 0 saturated carbocycles. The third-order valence-electron chi connectivity index (χ3n) is 12.9. The molecule has 4 unspecified atom stereocenters. The molecule has 330 valence electrons.